The van der Waals surface area contributed by atoms with Crippen LogP contribution in [0, 0.1) is 0 Å². The average Bonchev–Trinajstić information content (AvgIpc) is 3.37. The second-order valence-corrected chi connectivity index (χ2v) is 7.27. The number of hydrogen-bond acceptors (Lipinski definition) is 7. The molecule has 2 aliphatic heterocycles. The maximum Gasteiger partial charge on any atom is 0.241 e. The van der Waals surface area contributed by atoms with Gasteiger partial charge in [-0.25, -0.2) is 0 Å². The molecule has 4 heterocycles. The quantitative estimate of drug-likeness (QED) is 0.766. The van der Waals surface area contributed by atoms with Crippen molar-refractivity contribution in [1.82, 2.24) is 15.0 Å². The second-order valence-electron chi connectivity index (χ2n) is 6.49. The molecule has 2 aliphatic rings. The fraction of sp³-hybridized carbons (Fsp3) is 0.647. The summed E-state index contributed by atoms with van der Waals surface area (Å²) in [5.74, 6) is 1.33. The van der Waals surface area contributed by atoms with E-state index in [1.807, 2.05) is 16.8 Å². The monoisotopic (exact) mass is 349 g/mol. The van der Waals surface area contributed by atoms with Crippen LogP contribution in [0.15, 0.2) is 21.3 Å². The molecule has 2 saturated heterocycles. The lowest BCUT2D eigenvalue weighted by Crippen LogP contribution is -2.37. The summed E-state index contributed by atoms with van der Waals surface area (Å²) in [6, 6.07) is 2.01. The summed E-state index contributed by atoms with van der Waals surface area (Å²) in [5.41, 5.74) is 1.01. The first-order valence-corrected chi connectivity index (χ1v) is 9.62. The molecule has 4 rings (SSSR count). The summed E-state index contributed by atoms with van der Waals surface area (Å²) in [4.78, 5) is 6.89. The number of aromatic nitrogens is 2. The third-order valence-corrected chi connectivity index (χ3v) is 5.26. The molecule has 0 unspecified atom stereocenters. The molecule has 7 heteroatoms. The van der Waals surface area contributed by atoms with E-state index >= 15 is 0 Å². The highest BCUT2D eigenvalue weighted by Crippen LogP contribution is 2.21. The Labute approximate surface area is 145 Å². The highest BCUT2D eigenvalue weighted by atomic mass is 32.1. The summed E-state index contributed by atoms with van der Waals surface area (Å²) in [6.45, 7) is 4.20. The fourth-order valence-corrected chi connectivity index (χ4v) is 4.01. The van der Waals surface area contributed by atoms with Gasteiger partial charge in [0.15, 0.2) is 0 Å². The van der Waals surface area contributed by atoms with Crippen LogP contribution in [-0.2, 0) is 16.0 Å². The van der Waals surface area contributed by atoms with E-state index in [4.69, 9.17) is 14.0 Å². The van der Waals surface area contributed by atoms with Crippen LogP contribution in [-0.4, -0.2) is 53.6 Å². The largest absolute Gasteiger partial charge is 0.377 e. The molecular weight excluding hydrogens is 326 g/mol. The molecule has 0 saturated carbocycles. The van der Waals surface area contributed by atoms with Crippen LogP contribution in [0.2, 0.25) is 0 Å². The van der Waals surface area contributed by atoms with E-state index in [9.17, 15) is 0 Å². The van der Waals surface area contributed by atoms with Crippen molar-refractivity contribution in [3.8, 4) is 11.4 Å². The molecule has 0 aromatic carbocycles. The first kappa shape index (κ1) is 16.2. The minimum Gasteiger partial charge on any atom is -0.377 e. The highest BCUT2D eigenvalue weighted by molar-refractivity contribution is 7.08. The van der Waals surface area contributed by atoms with E-state index < -0.39 is 0 Å². The Balaban J connectivity index is 1.41. The normalized spacial score (nSPS) is 24.2. The molecule has 2 aromatic heterocycles. The standard InChI is InChI=1S/C17H23N3O3S/c1-3-14(21-6-1)9-20(10-15-4-2-7-22-15)11-16-18-17(19-23-16)13-5-8-24-12-13/h5,8,12,14-15H,1-4,6-7,9-11H2/t14-,15+. The van der Waals surface area contributed by atoms with Gasteiger partial charge < -0.3 is 14.0 Å². The van der Waals surface area contributed by atoms with Crippen molar-refractivity contribution < 1.29 is 14.0 Å². The van der Waals surface area contributed by atoms with Gasteiger partial charge in [-0.15, -0.1) is 0 Å². The van der Waals surface area contributed by atoms with Crippen LogP contribution in [0.5, 0.6) is 0 Å². The molecule has 130 valence electrons. The fourth-order valence-electron chi connectivity index (χ4n) is 3.38. The Morgan fingerprint density at radius 1 is 1.12 bits per heavy atom. The third-order valence-electron chi connectivity index (χ3n) is 4.58. The van der Waals surface area contributed by atoms with E-state index in [0.717, 1.165) is 57.6 Å². The van der Waals surface area contributed by atoms with Gasteiger partial charge in [0.2, 0.25) is 11.7 Å². The van der Waals surface area contributed by atoms with Crippen molar-refractivity contribution in [2.24, 2.45) is 0 Å². The van der Waals surface area contributed by atoms with E-state index in [0.29, 0.717) is 30.5 Å². The number of hydrogen-bond donors (Lipinski definition) is 0. The van der Waals surface area contributed by atoms with Crippen molar-refractivity contribution >= 4 is 11.3 Å². The molecule has 0 bridgehead atoms. The van der Waals surface area contributed by atoms with E-state index in [1.165, 1.54) is 0 Å². The maximum atomic E-state index is 5.80. The molecule has 2 aromatic rings. The smallest absolute Gasteiger partial charge is 0.241 e. The zero-order chi connectivity index (χ0) is 16.2. The number of nitrogens with zero attached hydrogens (tertiary/aromatic N) is 3. The van der Waals surface area contributed by atoms with Gasteiger partial charge in [-0.1, -0.05) is 5.16 Å². The maximum absolute atomic E-state index is 5.80. The lowest BCUT2D eigenvalue weighted by atomic mass is 10.2. The Hall–Kier alpha value is -1.28. The summed E-state index contributed by atoms with van der Waals surface area (Å²) in [6.07, 6.45) is 5.19. The number of rotatable bonds is 7. The molecular formula is C17H23N3O3S. The van der Waals surface area contributed by atoms with Crippen molar-refractivity contribution in [3.05, 3.63) is 22.7 Å². The lowest BCUT2D eigenvalue weighted by Gasteiger charge is -2.26. The van der Waals surface area contributed by atoms with E-state index in [-0.39, 0.29) is 0 Å². The molecule has 0 radical (unpaired) electrons. The van der Waals surface area contributed by atoms with Gasteiger partial charge in [0.05, 0.1) is 18.8 Å². The minimum absolute atomic E-state index is 0.311. The van der Waals surface area contributed by atoms with Gasteiger partial charge in [-0.2, -0.15) is 16.3 Å². The highest BCUT2D eigenvalue weighted by Gasteiger charge is 2.25. The van der Waals surface area contributed by atoms with Crippen LogP contribution in [0.4, 0.5) is 0 Å². The predicted octanol–water partition coefficient (Wildman–Crippen LogP) is 2.96. The minimum atomic E-state index is 0.311. The number of thiophene rings is 1. The Kier molecular flexibility index (Phi) is 5.22. The van der Waals surface area contributed by atoms with Crippen molar-refractivity contribution in [2.45, 2.75) is 44.4 Å². The van der Waals surface area contributed by atoms with Crippen molar-refractivity contribution in [2.75, 3.05) is 26.3 Å². The van der Waals surface area contributed by atoms with Crippen LogP contribution in [0.1, 0.15) is 31.6 Å². The lowest BCUT2D eigenvalue weighted by molar-refractivity contribution is 0.0309. The van der Waals surface area contributed by atoms with Gasteiger partial charge in [0, 0.05) is 37.2 Å². The SMILES string of the molecule is c1cc(-c2noc(CN(C[C@H]3CCCO3)C[C@@H]3CCCO3)n2)cs1. The summed E-state index contributed by atoms with van der Waals surface area (Å²) in [5, 5.41) is 8.16. The zero-order valence-corrected chi connectivity index (χ0v) is 14.5. The molecule has 0 N–H and O–H groups in total. The molecule has 24 heavy (non-hydrogen) atoms. The van der Waals surface area contributed by atoms with Crippen LogP contribution in [0.25, 0.3) is 11.4 Å². The summed E-state index contributed by atoms with van der Waals surface area (Å²) >= 11 is 1.64. The summed E-state index contributed by atoms with van der Waals surface area (Å²) in [7, 11) is 0. The third kappa shape index (κ3) is 4.03. The first-order valence-electron chi connectivity index (χ1n) is 8.67. The molecule has 0 aliphatic carbocycles. The van der Waals surface area contributed by atoms with Crippen LogP contribution < -0.4 is 0 Å². The predicted molar refractivity (Wildman–Crippen MR) is 90.8 cm³/mol. The molecule has 2 fully saturated rings. The van der Waals surface area contributed by atoms with Gasteiger partial charge in [-0.3, -0.25) is 4.90 Å². The van der Waals surface area contributed by atoms with E-state index in [1.54, 1.807) is 11.3 Å². The molecule has 6 nitrogen and oxygen atoms in total. The Bertz CT molecular complexity index is 601. The second kappa shape index (κ2) is 7.74. The Morgan fingerprint density at radius 3 is 2.46 bits per heavy atom. The van der Waals surface area contributed by atoms with Crippen molar-refractivity contribution in [3.63, 3.8) is 0 Å². The molecule has 0 spiro atoms. The average molecular weight is 349 g/mol. The zero-order valence-electron chi connectivity index (χ0n) is 13.7. The topological polar surface area (TPSA) is 60.6 Å². The van der Waals surface area contributed by atoms with E-state index in [2.05, 4.69) is 15.0 Å². The number of ether oxygens (including phenoxy) is 2. The van der Waals surface area contributed by atoms with Crippen molar-refractivity contribution in [1.29, 1.82) is 0 Å². The Morgan fingerprint density at radius 2 is 1.88 bits per heavy atom. The van der Waals surface area contributed by atoms with Gasteiger partial charge in [-0.05, 0) is 37.1 Å². The van der Waals surface area contributed by atoms with Crippen LogP contribution >= 0.6 is 11.3 Å². The molecule has 0 amide bonds. The van der Waals surface area contributed by atoms with Gasteiger partial charge in [0.1, 0.15) is 0 Å². The first-order chi connectivity index (χ1) is 11.9. The van der Waals surface area contributed by atoms with Gasteiger partial charge in [0.25, 0.3) is 0 Å². The van der Waals surface area contributed by atoms with Gasteiger partial charge >= 0.3 is 0 Å². The molecule has 2 atom stereocenters. The summed E-state index contributed by atoms with van der Waals surface area (Å²) < 4.78 is 17.1. The van der Waals surface area contributed by atoms with Crippen LogP contribution in [0.3, 0.4) is 0 Å².